The number of aryl methyl sites for hydroxylation is 1. The van der Waals surface area contributed by atoms with Crippen LogP contribution in [0.2, 0.25) is 0 Å². The highest BCUT2D eigenvalue weighted by molar-refractivity contribution is 9.10. The molecule has 0 heterocycles. The van der Waals surface area contributed by atoms with Crippen LogP contribution in [-0.2, 0) is 10.0 Å². The first-order valence-corrected chi connectivity index (χ1v) is 10.5. The molecule has 0 spiro atoms. The van der Waals surface area contributed by atoms with Crippen molar-refractivity contribution in [3.63, 3.8) is 0 Å². The Morgan fingerprint density at radius 1 is 0.964 bits per heavy atom. The molecule has 28 heavy (non-hydrogen) atoms. The van der Waals surface area contributed by atoms with Crippen LogP contribution in [0.15, 0.2) is 76.1 Å². The molecule has 0 aliphatic heterocycles. The molecule has 0 aliphatic carbocycles. The number of carbonyl (C=O) groups is 1. The van der Waals surface area contributed by atoms with Crippen molar-refractivity contribution in [2.75, 3.05) is 10.0 Å². The lowest BCUT2D eigenvalue weighted by molar-refractivity contribution is 0.102. The van der Waals surface area contributed by atoms with Crippen LogP contribution in [-0.4, -0.2) is 14.3 Å². The van der Waals surface area contributed by atoms with Crippen molar-refractivity contribution in [2.24, 2.45) is 0 Å². The van der Waals surface area contributed by atoms with Crippen molar-refractivity contribution in [2.45, 2.75) is 11.8 Å². The minimum absolute atomic E-state index is 0.0880. The van der Waals surface area contributed by atoms with Gasteiger partial charge >= 0.3 is 0 Å². The molecule has 0 aliphatic rings. The Balaban J connectivity index is 1.73. The number of nitrogens with one attached hydrogen (secondary N) is 2. The first-order valence-electron chi connectivity index (χ1n) is 8.20. The van der Waals surface area contributed by atoms with Crippen LogP contribution in [0.4, 0.5) is 15.8 Å². The molecule has 8 heteroatoms. The number of hydrogen-bond donors (Lipinski definition) is 2. The second-order valence-corrected chi connectivity index (χ2v) is 8.67. The van der Waals surface area contributed by atoms with Gasteiger partial charge in [-0.3, -0.25) is 9.52 Å². The van der Waals surface area contributed by atoms with Crippen molar-refractivity contribution >= 4 is 43.2 Å². The third-order valence-corrected chi connectivity index (χ3v) is 5.82. The maximum absolute atomic E-state index is 13.8. The van der Waals surface area contributed by atoms with Crippen molar-refractivity contribution in [3.8, 4) is 0 Å². The van der Waals surface area contributed by atoms with E-state index < -0.39 is 21.7 Å². The zero-order chi connectivity index (χ0) is 20.3. The third-order valence-electron chi connectivity index (χ3n) is 3.89. The summed E-state index contributed by atoms with van der Waals surface area (Å²) in [6.07, 6.45) is 0. The van der Waals surface area contributed by atoms with Crippen molar-refractivity contribution in [1.29, 1.82) is 0 Å². The van der Waals surface area contributed by atoms with Gasteiger partial charge in [-0.1, -0.05) is 22.0 Å². The van der Waals surface area contributed by atoms with E-state index in [4.69, 9.17) is 0 Å². The van der Waals surface area contributed by atoms with Gasteiger partial charge in [0.05, 0.1) is 10.6 Å². The fourth-order valence-corrected chi connectivity index (χ4v) is 3.77. The van der Waals surface area contributed by atoms with E-state index in [1.54, 1.807) is 25.1 Å². The summed E-state index contributed by atoms with van der Waals surface area (Å²) in [5, 5.41) is 2.51. The second kappa shape index (κ2) is 8.12. The lowest BCUT2D eigenvalue weighted by Gasteiger charge is -2.10. The number of benzene rings is 3. The summed E-state index contributed by atoms with van der Waals surface area (Å²) in [6.45, 7) is 1.79. The lowest BCUT2D eigenvalue weighted by Crippen LogP contribution is -2.14. The van der Waals surface area contributed by atoms with E-state index in [1.807, 2.05) is 0 Å². The summed E-state index contributed by atoms with van der Waals surface area (Å²) >= 11 is 3.26. The molecule has 0 saturated carbocycles. The zero-order valence-corrected chi connectivity index (χ0v) is 17.1. The predicted molar refractivity (Wildman–Crippen MR) is 110 cm³/mol. The molecule has 0 atom stereocenters. The van der Waals surface area contributed by atoms with Gasteiger partial charge in [0, 0.05) is 15.7 Å². The van der Waals surface area contributed by atoms with Gasteiger partial charge in [-0.25, -0.2) is 12.8 Å². The van der Waals surface area contributed by atoms with Gasteiger partial charge in [0.15, 0.2) is 0 Å². The smallest absolute Gasteiger partial charge is 0.261 e. The minimum Gasteiger partial charge on any atom is -0.319 e. The fraction of sp³-hybridized carbons (Fsp3) is 0.0500. The molecule has 0 radical (unpaired) electrons. The molecule has 0 bridgehead atoms. The summed E-state index contributed by atoms with van der Waals surface area (Å²) in [6, 6.07) is 16.5. The topological polar surface area (TPSA) is 75.3 Å². The molecular formula is C20H16BrFN2O3S. The maximum Gasteiger partial charge on any atom is 0.261 e. The maximum atomic E-state index is 13.8. The van der Waals surface area contributed by atoms with E-state index in [0.717, 1.165) is 10.0 Å². The second-order valence-electron chi connectivity index (χ2n) is 6.07. The lowest BCUT2D eigenvalue weighted by atomic mass is 10.1. The summed E-state index contributed by atoms with van der Waals surface area (Å²) in [5.41, 5.74) is 1.48. The summed E-state index contributed by atoms with van der Waals surface area (Å²) in [7, 11) is -3.74. The van der Waals surface area contributed by atoms with Crippen molar-refractivity contribution < 1.29 is 17.6 Å². The molecule has 0 unspecified atom stereocenters. The van der Waals surface area contributed by atoms with Gasteiger partial charge in [0.25, 0.3) is 15.9 Å². The Kier molecular flexibility index (Phi) is 5.81. The molecule has 1 amide bonds. The highest BCUT2D eigenvalue weighted by Crippen LogP contribution is 2.20. The first-order chi connectivity index (χ1) is 13.2. The molecule has 0 saturated heterocycles. The molecule has 144 valence electrons. The molecule has 3 aromatic rings. The van der Waals surface area contributed by atoms with E-state index in [2.05, 4.69) is 26.0 Å². The summed E-state index contributed by atoms with van der Waals surface area (Å²) in [5.74, 6) is -1.02. The number of carbonyl (C=O) groups excluding carboxylic acids is 1. The number of halogens is 2. The van der Waals surface area contributed by atoms with Crippen LogP contribution >= 0.6 is 15.9 Å². The van der Waals surface area contributed by atoms with E-state index >= 15 is 0 Å². The van der Waals surface area contributed by atoms with Gasteiger partial charge in [-0.05, 0) is 73.2 Å². The monoisotopic (exact) mass is 462 g/mol. The van der Waals surface area contributed by atoms with Crippen LogP contribution in [0.3, 0.4) is 0 Å². The molecule has 0 fully saturated rings. The number of rotatable bonds is 5. The van der Waals surface area contributed by atoms with Gasteiger partial charge < -0.3 is 5.32 Å². The Morgan fingerprint density at radius 3 is 2.25 bits per heavy atom. The first kappa shape index (κ1) is 20.0. The van der Waals surface area contributed by atoms with Crippen molar-refractivity contribution in [1.82, 2.24) is 0 Å². The molecule has 3 rings (SSSR count). The van der Waals surface area contributed by atoms with Gasteiger partial charge in [0.1, 0.15) is 5.82 Å². The summed E-state index contributed by atoms with van der Waals surface area (Å²) in [4.78, 5) is 12.4. The molecule has 5 nitrogen and oxygen atoms in total. The van der Waals surface area contributed by atoms with E-state index in [9.17, 15) is 17.6 Å². The highest BCUT2D eigenvalue weighted by Gasteiger charge is 2.15. The van der Waals surface area contributed by atoms with Crippen LogP contribution in [0.25, 0.3) is 0 Å². The van der Waals surface area contributed by atoms with Crippen LogP contribution in [0.5, 0.6) is 0 Å². The normalized spacial score (nSPS) is 11.1. The molecule has 3 aromatic carbocycles. The molecule has 2 N–H and O–H groups in total. The zero-order valence-electron chi connectivity index (χ0n) is 14.7. The third kappa shape index (κ3) is 4.76. The van der Waals surface area contributed by atoms with Gasteiger partial charge in [0.2, 0.25) is 0 Å². The van der Waals surface area contributed by atoms with Gasteiger partial charge in [-0.15, -0.1) is 0 Å². The quantitative estimate of drug-likeness (QED) is 0.563. The summed E-state index contributed by atoms with van der Waals surface area (Å²) < 4.78 is 41.8. The Hall–Kier alpha value is -2.71. The highest BCUT2D eigenvalue weighted by atomic mass is 79.9. The SMILES string of the molecule is Cc1ccc(F)c(NC(=O)c2ccc(NS(=O)(=O)c3ccc(Br)cc3)cc2)c1. The number of sulfonamides is 1. The number of amides is 1. The Labute approximate surface area is 170 Å². The van der Waals surface area contributed by atoms with E-state index in [0.29, 0.717) is 5.69 Å². The van der Waals surface area contributed by atoms with Gasteiger partial charge in [-0.2, -0.15) is 0 Å². The fourth-order valence-electron chi connectivity index (χ4n) is 2.45. The molecular weight excluding hydrogens is 447 g/mol. The Morgan fingerprint density at radius 2 is 1.61 bits per heavy atom. The van der Waals surface area contributed by atoms with E-state index in [1.165, 1.54) is 48.5 Å². The van der Waals surface area contributed by atoms with Crippen molar-refractivity contribution in [3.05, 3.63) is 88.1 Å². The van der Waals surface area contributed by atoms with Crippen LogP contribution < -0.4 is 10.0 Å². The number of hydrogen-bond acceptors (Lipinski definition) is 3. The number of anilines is 2. The van der Waals surface area contributed by atoms with Crippen LogP contribution in [0, 0.1) is 12.7 Å². The average Bonchev–Trinajstić information content (AvgIpc) is 2.65. The van der Waals surface area contributed by atoms with E-state index in [-0.39, 0.29) is 16.1 Å². The standard InChI is InChI=1S/C20H16BrFN2O3S/c1-13-2-11-18(22)19(12-13)23-20(25)14-3-7-16(8-4-14)24-28(26,27)17-9-5-15(21)6-10-17/h2-12,24H,1H3,(H,23,25). The molecule has 0 aromatic heterocycles. The van der Waals surface area contributed by atoms with Crippen LogP contribution in [0.1, 0.15) is 15.9 Å². The largest absolute Gasteiger partial charge is 0.319 e. The minimum atomic E-state index is -3.74. The Bertz CT molecular complexity index is 1120. The predicted octanol–water partition coefficient (Wildman–Crippen LogP) is 4.95. The average molecular weight is 463 g/mol.